The van der Waals surface area contributed by atoms with Crippen LogP contribution in [0.1, 0.15) is 35.8 Å². The second-order valence-electron chi connectivity index (χ2n) is 5.10. The fraction of sp³-hybridized carbons (Fsp3) is 0.188. The summed E-state index contributed by atoms with van der Waals surface area (Å²) in [5, 5.41) is 10.1. The summed E-state index contributed by atoms with van der Waals surface area (Å²) in [5.74, 6) is -0.535. The molecule has 5 nitrogen and oxygen atoms in total. The average Bonchev–Trinajstić information content (AvgIpc) is 2.90. The molecule has 0 aliphatic carbocycles. The first-order valence-corrected chi connectivity index (χ1v) is 6.64. The quantitative estimate of drug-likeness (QED) is 0.792. The molecule has 0 bridgehead atoms. The molecule has 106 valence electrons. The van der Waals surface area contributed by atoms with Crippen molar-refractivity contribution in [3.8, 4) is 11.4 Å². The van der Waals surface area contributed by atoms with Crippen molar-refractivity contribution in [1.29, 1.82) is 0 Å². The van der Waals surface area contributed by atoms with Gasteiger partial charge in [0.2, 0.25) is 0 Å². The minimum atomic E-state index is -1.01. The van der Waals surface area contributed by atoms with E-state index in [1.807, 2.05) is 38.1 Å². The lowest BCUT2D eigenvalue weighted by Gasteiger charge is -2.09. The number of nitrogens with zero attached hydrogens (tertiary/aromatic N) is 2. The Labute approximate surface area is 121 Å². The van der Waals surface area contributed by atoms with Gasteiger partial charge in [-0.1, -0.05) is 32.0 Å². The summed E-state index contributed by atoms with van der Waals surface area (Å²) in [7, 11) is 0. The molecule has 0 aliphatic heterocycles. The fourth-order valence-electron chi connectivity index (χ4n) is 2.28. The highest BCUT2D eigenvalue weighted by molar-refractivity contribution is 5.93. The van der Waals surface area contributed by atoms with E-state index in [2.05, 4.69) is 9.97 Å². The van der Waals surface area contributed by atoms with Gasteiger partial charge in [-0.2, -0.15) is 0 Å². The van der Waals surface area contributed by atoms with Crippen LogP contribution in [0.5, 0.6) is 0 Å². The van der Waals surface area contributed by atoms with E-state index >= 15 is 0 Å². The predicted molar refractivity (Wildman–Crippen MR) is 78.3 cm³/mol. The smallest absolute Gasteiger partial charge is 0.339 e. The van der Waals surface area contributed by atoms with E-state index in [0.717, 1.165) is 16.5 Å². The van der Waals surface area contributed by atoms with Crippen LogP contribution in [0, 0.1) is 0 Å². The minimum absolute atomic E-state index is 0.00369. The first-order valence-electron chi connectivity index (χ1n) is 6.64. The Morgan fingerprint density at radius 2 is 2.05 bits per heavy atom. The van der Waals surface area contributed by atoms with E-state index in [1.165, 1.54) is 6.20 Å². The van der Waals surface area contributed by atoms with E-state index in [4.69, 9.17) is 4.42 Å². The van der Waals surface area contributed by atoms with Crippen molar-refractivity contribution < 1.29 is 14.3 Å². The second-order valence-corrected chi connectivity index (χ2v) is 5.10. The Bertz CT molecular complexity index is 821. The predicted octanol–water partition coefficient (Wildman–Crippen LogP) is 3.71. The standard InChI is InChI=1S/C16H14N2O3/c1-9(2)14-11(16(19)20)7-17-15(18-14)12-8-21-13-6-4-3-5-10(12)13/h3-9H,1-2H3,(H,19,20). The largest absolute Gasteiger partial charge is 0.478 e. The van der Waals surface area contributed by atoms with Gasteiger partial charge in [0.1, 0.15) is 11.8 Å². The lowest BCUT2D eigenvalue weighted by molar-refractivity contribution is 0.0694. The minimum Gasteiger partial charge on any atom is -0.478 e. The third kappa shape index (κ3) is 2.27. The zero-order chi connectivity index (χ0) is 15.0. The first-order chi connectivity index (χ1) is 10.1. The van der Waals surface area contributed by atoms with Crippen molar-refractivity contribution in [2.24, 2.45) is 0 Å². The van der Waals surface area contributed by atoms with E-state index in [1.54, 1.807) is 6.26 Å². The maximum absolute atomic E-state index is 11.2. The highest BCUT2D eigenvalue weighted by Crippen LogP contribution is 2.29. The lowest BCUT2D eigenvalue weighted by Crippen LogP contribution is -2.08. The third-order valence-corrected chi connectivity index (χ3v) is 3.32. The number of carboxylic acid groups (broad SMARTS) is 1. The van der Waals surface area contributed by atoms with E-state index in [-0.39, 0.29) is 11.5 Å². The van der Waals surface area contributed by atoms with Gasteiger partial charge >= 0.3 is 5.97 Å². The third-order valence-electron chi connectivity index (χ3n) is 3.32. The highest BCUT2D eigenvalue weighted by atomic mass is 16.4. The average molecular weight is 282 g/mol. The van der Waals surface area contributed by atoms with Crippen molar-refractivity contribution in [3.63, 3.8) is 0 Å². The summed E-state index contributed by atoms with van der Waals surface area (Å²) in [4.78, 5) is 19.9. The van der Waals surface area contributed by atoms with Crippen LogP contribution in [0.3, 0.4) is 0 Å². The number of furan rings is 1. The molecule has 21 heavy (non-hydrogen) atoms. The Balaban J connectivity index is 2.19. The van der Waals surface area contributed by atoms with Gasteiger partial charge in [0.05, 0.1) is 16.8 Å². The van der Waals surface area contributed by atoms with Crippen molar-refractivity contribution in [1.82, 2.24) is 9.97 Å². The van der Waals surface area contributed by atoms with Crippen LogP contribution in [-0.4, -0.2) is 21.0 Å². The molecular weight excluding hydrogens is 268 g/mol. The van der Waals surface area contributed by atoms with E-state index < -0.39 is 5.97 Å². The zero-order valence-corrected chi connectivity index (χ0v) is 11.7. The maximum atomic E-state index is 11.2. The number of carbonyl (C=O) groups is 1. The molecule has 3 aromatic rings. The molecule has 1 aromatic carbocycles. The summed E-state index contributed by atoms with van der Waals surface area (Å²) in [6, 6.07) is 7.60. The van der Waals surface area contributed by atoms with Gasteiger partial charge in [-0.05, 0) is 12.0 Å². The van der Waals surface area contributed by atoms with E-state index in [9.17, 15) is 9.90 Å². The molecular formula is C16H14N2O3. The van der Waals surface area contributed by atoms with Crippen LogP contribution in [0.25, 0.3) is 22.4 Å². The number of fused-ring (bicyclic) bond motifs is 1. The highest BCUT2D eigenvalue weighted by Gasteiger charge is 2.18. The number of rotatable bonds is 3. The number of aromatic carboxylic acids is 1. The zero-order valence-electron chi connectivity index (χ0n) is 11.7. The molecule has 0 fully saturated rings. The second kappa shape index (κ2) is 5.01. The Hall–Kier alpha value is -2.69. The number of para-hydroxylation sites is 1. The Kier molecular flexibility index (Phi) is 3.17. The molecule has 2 heterocycles. The van der Waals surface area contributed by atoms with Gasteiger partial charge in [0.15, 0.2) is 5.82 Å². The maximum Gasteiger partial charge on any atom is 0.339 e. The lowest BCUT2D eigenvalue weighted by atomic mass is 10.0. The molecule has 0 atom stereocenters. The molecule has 0 saturated heterocycles. The van der Waals surface area contributed by atoms with Crippen molar-refractivity contribution in [2.45, 2.75) is 19.8 Å². The van der Waals surface area contributed by atoms with Crippen LogP contribution >= 0.6 is 0 Å². The summed E-state index contributed by atoms with van der Waals surface area (Å²) in [6.07, 6.45) is 2.96. The molecule has 1 N–H and O–H groups in total. The van der Waals surface area contributed by atoms with Crippen LogP contribution in [0.4, 0.5) is 0 Å². The van der Waals surface area contributed by atoms with E-state index in [0.29, 0.717) is 11.5 Å². The fourth-order valence-corrected chi connectivity index (χ4v) is 2.28. The van der Waals surface area contributed by atoms with Crippen LogP contribution in [0.15, 0.2) is 41.1 Å². The summed E-state index contributed by atoms with van der Waals surface area (Å²) >= 11 is 0. The van der Waals surface area contributed by atoms with Gasteiger partial charge in [-0.15, -0.1) is 0 Å². The van der Waals surface area contributed by atoms with Gasteiger partial charge in [-0.3, -0.25) is 0 Å². The summed E-state index contributed by atoms with van der Waals surface area (Å²) < 4.78 is 5.49. The molecule has 3 rings (SSSR count). The number of aromatic nitrogens is 2. The monoisotopic (exact) mass is 282 g/mol. The number of carboxylic acids is 1. The summed E-state index contributed by atoms with van der Waals surface area (Å²) in [5.41, 5.74) is 2.19. The topological polar surface area (TPSA) is 76.2 Å². The van der Waals surface area contributed by atoms with Crippen LogP contribution in [-0.2, 0) is 0 Å². The van der Waals surface area contributed by atoms with Crippen LogP contribution < -0.4 is 0 Å². The van der Waals surface area contributed by atoms with Crippen LogP contribution in [0.2, 0.25) is 0 Å². The number of hydrogen-bond acceptors (Lipinski definition) is 4. The van der Waals surface area contributed by atoms with Gasteiger partial charge in [0.25, 0.3) is 0 Å². The molecule has 0 saturated carbocycles. The van der Waals surface area contributed by atoms with Crippen molar-refractivity contribution in [2.75, 3.05) is 0 Å². The number of benzene rings is 1. The number of hydrogen-bond donors (Lipinski definition) is 1. The molecule has 0 amide bonds. The molecule has 5 heteroatoms. The van der Waals surface area contributed by atoms with Gasteiger partial charge in [-0.25, -0.2) is 14.8 Å². The Morgan fingerprint density at radius 3 is 2.76 bits per heavy atom. The molecule has 0 unspecified atom stereocenters. The van der Waals surface area contributed by atoms with Crippen molar-refractivity contribution in [3.05, 3.63) is 48.0 Å². The molecule has 0 spiro atoms. The van der Waals surface area contributed by atoms with Gasteiger partial charge < -0.3 is 9.52 Å². The molecule has 2 aromatic heterocycles. The summed E-state index contributed by atoms with van der Waals surface area (Å²) in [6.45, 7) is 3.82. The first kappa shape index (κ1) is 13.3. The van der Waals surface area contributed by atoms with Crippen molar-refractivity contribution >= 4 is 16.9 Å². The SMILES string of the molecule is CC(C)c1nc(-c2coc3ccccc23)ncc1C(=O)O. The molecule has 0 aliphatic rings. The normalized spacial score (nSPS) is 11.2. The van der Waals surface area contributed by atoms with Gasteiger partial charge in [0, 0.05) is 11.6 Å². The Morgan fingerprint density at radius 1 is 1.29 bits per heavy atom. The molecule has 0 radical (unpaired) electrons.